The van der Waals surface area contributed by atoms with E-state index in [2.05, 4.69) is 15.5 Å². The number of likely N-dealkylation sites (tertiary alicyclic amines) is 1. The van der Waals surface area contributed by atoms with E-state index in [1.165, 1.54) is 39.3 Å². The van der Waals surface area contributed by atoms with Crippen LogP contribution in [0.4, 0.5) is 5.69 Å². The number of carbonyl (C=O) groups excluding carboxylic acids is 2. The molecule has 2 rings (SSSR count). The predicted molar refractivity (Wildman–Crippen MR) is 92.6 cm³/mol. The summed E-state index contributed by atoms with van der Waals surface area (Å²) >= 11 is 0. The normalized spacial score (nSPS) is 15.2. The summed E-state index contributed by atoms with van der Waals surface area (Å²) in [6.45, 7) is 5.77. The van der Waals surface area contributed by atoms with Crippen LogP contribution in [0.5, 0.6) is 0 Å². The molecule has 1 saturated heterocycles. The Morgan fingerprint density at radius 1 is 1.04 bits per heavy atom. The number of nitrogens with one attached hydrogen (secondary N) is 2. The largest absolute Gasteiger partial charge is 0.352 e. The van der Waals surface area contributed by atoms with Crippen LogP contribution in [0.2, 0.25) is 0 Å². The predicted octanol–water partition coefficient (Wildman–Crippen LogP) is 2.64. The van der Waals surface area contributed by atoms with Crippen molar-refractivity contribution in [1.29, 1.82) is 0 Å². The third kappa shape index (κ3) is 6.40. The van der Waals surface area contributed by atoms with Crippen molar-refractivity contribution in [1.82, 2.24) is 10.2 Å². The van der Waals surface area contributed by atoms with E-state index >= 15 is 0 Å². The summed E-state index contributed by atoms with van der Waals surface area (Å²) in [5, 5.41) is 5.64. The molecule has 0 radical (unpaired) electrons. The van der Waals surface area contributed by atoms with E-state index in [9.17, 15) is 9.59 Å². The monoisotopic (exact) mass is 317 g/mol. The summed E-state index contributed by atoms with van der Waals surface area (Å²) in [4.78, 5) is 25.5. The number of carbonyl (C=O) groups is 2. The van der Waals surface area contributed by atoms with Gasteiger partial charge in [0.1, 0.15) is 0 Å². The van der Waals surface area contributed by atoms with E-state index in [0.717, 1.165) is 19.4 Å². The molecule has 0 aliphatic carbocycles. The van der Waals surface area contributed by atoms with Crippen LogP contribution < -0.4 is 10.6 Å². The van der Waals surface area contributed by atoms with Crippen LogP contribution in [0.1, 0.15) is 49.4 Å². The summed E-state index contributed by atoms with van der Waals surface area (Å²) in [6, 6.07) is 6.95. The second-order valence-electron chi connectivity index (χ2n) is 6.12. The van der Waals surface area contributed by atoms with Crippen molar-refractivity contribution in [3.63, 3.8) is 0 Å². The highest BCUT2D eigenvalue weighted by Crippen LogP contribution is 2.10. The molecule has 1 aromatic rings. The Morgan fingerprint density at radius 2 is 1.74 bits per heavy atom. The first-order valence-electron chi connectivity index (χ1n) is 8.53. The van der Waals surface area contributed by atoms with Crippen LogP contribution in [-0.4, -0.2) is 42.9 Å². The average molecular weight is 317 g/mol. The van der Waals surface area contributed by atoms with Crippen molar-refractivity contribution in [3.05, 3.63) is 29.8 Å². The molecule has 1 aliphatic rings. The highest BCUT2D eigenvalue weighted by molar-refractivity contribution is 5.95. The molecule has 2 amide bonds. The molecule has 23 heavy (non-hydrogen) atoms. The van der Waals surface area contributed by atoms with Gasteiger partial charge in [0, 0.05) is 24.7 Å². The minimum absolute atomic E-state index is 0.0580. The molecule has 0 atom stereocenters. The maximum absolute atomic E-state index is 12.0. The molecule has 126 valence electrons. The Labute approximate surface area is 138 Å². The first-order valence-corrected chi connectivity index (χ1v) is 8.53. The maximum Gasteiger partial charge on any atom is 0.251 e. The lowest BCUT2D eigenvalue weighted by Gasteiger charge is -2.26. The topological polar surface area (TPSA) is 61.4 Å². The first-order chi connectivity index (χ1) is 11.1. The molecule has 1 aliphatic heterocycles. The molecule has 0 bridgehead atoms. The highest BCUT2D eigenvalue weighted by atomic mass is 16.2. The van der Waals surface area contributed by atoms with Gasteiger partial charge in [0.15, 0.2) is 0 Å². The van der Waals surface area contributed by atoms with E-state index in [1.807, 2.05) is 0 Å². The van der Waals surface area contributed by atoms with E-state index in [0.29, 0.717) is 17.8 Å². The van der Waals surface area contributed by atoms with Crippen molar-refractivity contribution in [2.75, 3.05) is 31.5 Å². The molecule has 0 unspecified atom stereocenters. The zero-order valence-electron chi connectivity index (χ0n) is 13.9. The van der Waals surface area contributed by atoms with Crippen molar-refractivity contribution in [2.24, 2.45) is 0 Å². The van der Waals surface area contributed by atoms with Crippen LogP contribution in [0.3, 0.4) is 0 Å². The fourth-order valence-electron chi connectivity index (χ4n) is 2.86. The summed E-state index contributed by atoms with van der Waals surface area (Å²) in [5.74, 6) is -0.173. The third-order valence-electron chi connectivity index (χ3n) is 4.10. The van der Waals surface area contributed by atoms with Gasteiger partial charge in [-0.2, -0.15) is 0 Å². The molecule has 5 heteroatoms. The van der Waals surface area contributed by atoms with Gasteiger partial charge in [-0.15, -0.1) is 0 Å². The SMILES string of the molecule is CC(=O)Nc1ccc(C(=O)NCCCCN2CCCCC2)cc1. The second kappa shape index (κ2) is 9.30. The number of rotatable bonds is 7. The number of unbranched alkanes of at least 4 members (excludes halogenated alkanes) is 1. The minimum Gasteiger partial charge on any atom is -0.352 e. The number of hydrogen-bond acceptors (Lipinski definition) is 3. The Hall–Kier alpha value is -1.88. The molecule has 1 fully saturated rings. The van der Waals surface area contributed by atoms with Gasteiger partial charge in [-0.1, -0.05) is 6.42 Å². The van der Waals surface area contributed by atoms with Gasteiger partial charge in [0.25, 0.3) is 5.91 Å². The Bertz CT molecular complexity index is 508. The lowest BCUT2D eigenvalue weighted by molar-refractivity contribution is -0.114. The van der Waals surface area contributed by atoms with Crippen molar-refractivity contribution in [3.8, 4) is 0 Å². The number of nitrogens with zero attached hydrogens (tertiary/aromatic N) is 1. The van der Waals surface area contributed by atoms with E-state index in [1.54, 1.807) is 24.3 Å². The lowest BCUT2D eigenvalue weighted by Crippen LogP contribution is -2.31. The van der Waals surface area contributed by atoms with Crippen LogP contribution >= 0.6 is 0 Å². The molecule has 1 heterocycles. The minimum atomic E-state index is -0.115. The maximum atomic E-state index is 12.0. The van der Waals surface area contributed by atoms with E-state index in [4.69, 9.17) is 0 Å². The molecular weight excluding hydrogens is 290 g/mol. The summed E-state index contributed by atoms with van der Waals surface area (Å²) in [6.07, 6.45) is 6.15. The zero-order valence-corrected chi connectivity index (χ0v) is 13.9. The molecular formula is C18H27N3O2. The van der Waals surface area contributed by atoms with Crippen LogP contribution in [0, 0.1) is 0 Å². The number of piperidine rings is 1. The summed E-state index contributed by atoms with van der Waals surface area (Å²) < 4.78 is 0. The van der Waals surface area contributed by atoms with E-state index in [-0.39, 0.29) is 11.8 Å². The van der Waals surface area contributed by atoms with Crippen molar-refractivity contribution >= 4 is 17.5 Å². The van der Waals surface area contributed by atoms with Crippen LogP contribution in [-0.2, 0) is 4.79 Å². The Kier molecular flexibility index (Phi) is 7.07. The van der Waals surface area contributed by atoms with E-state index < -0.39 is 0 Å². The average Bonchev–Trinajstić information content (AvgIpc) is 2.55. The standard InChI is InChI=1S/C18H27N3O2/c1-15(22)20-17-9-7-16(8-10-17)18(23)19-11-3-6-14-21-12-4-2-5-13-21/h7-10H,2-6,11-14H2,1H3,(H,19,23)(H,20,22). The fourth-order valence-corrected chi connectivity index (χ4v) is 2.86. The zero-order chi connectivity index (χ0) is 16.5. The second-order valence-corrected chi connectivity index (χ2v) is 6.12. The van der Waals surface area contributed by atoms with Crippen molar-refractivity contribution in [2.45, 2.75) is 39.0 Å². The molecule has 0 saturated carbocycles. The molecule has 5 nitrogen and oxygen atoms in total. The smallest absolute Gasteiger partial charge is 0.251 e. The van der Waals surface area contributed by atoms with Gasteiger partial charge in [0.05, 0.1) is 0 Å². The van der Waals surface area contributed by atoms with Crippen LogP contribution in [0.25, 0.3) is 0 Å². The van der Waals surface area contributed by atoms with Gasteiger partial charge in [-0.25, -0.2) is 0 Å². The number of hydrogen-bond donors (Lipinski definition) is 2. The third-order valence-corrected chi connectivity index (χ3v) is 4.10. The summed E-state index contributed by atoms with van der Waals surface area (Å²) in [7, 11) is 0. The quantitative estimate of drug-likeness (QED) is 0.760. The first kappa shape index (κ1) is 17.5. The van der Waals surface area contributed by atoms with Crippen LogP contribution in [0.15, 0.2) is 24.3 Å². The lowest BCUT2D eigenvalue weighted by atomic mass is 10.1. The summed E-state index contributed by atoms with van der Waals surface area (Å²) in [5.41, 5.74) is 1.32. The van der Waals surface area contributed by atoms with Gasteiger partial charge < -0.3 is 15.5 Å². The molecule has 0 spiro atoms. The highest BCUT2D eigenvalue weighted by Gasteiger charge is 2.09. The molecule has 0 aromatic heterocycles. The number of amides is 2. The Balaban J connectivity index is 1.63. The van der Waals surface area contributed by atoms with Gasteiger partial charge in [0.2, 0.25) is 5.91 Å². The van der Waals surface area contributed by atoms with Gasteiger partial charge in [-0.05, 0) is 69.6 Å². The fraction of sp³-hybridized carbons (Fsp3) is 0.556. The molecule has 2 N–H and O–H groups in total. The van der Waals surface area contributed by atoms with Gasteiger partial charge in [-0.3, -0.25) is 9.59 Å². The van der Waals surface area contributed by atoms with Gasteiger partial charge >= 0.3 is 0 Å². The Morgan fingerprint density at radius 3 is 2.39 bits per heavy atom. The number of anilines is 1. The number of benzene rings is 1. The van der Waals surface area contributed by atoms with Crippen molar-refractivity contribution < 1.29 is 9.59 Å². The molecule has 1 aromatic carbocycles.